The zero-order chi connectivity index (χ0) is 20.1. The van der Waals surface area contributed by atoms with Crippen molar-refractivity contribution in [3.63, 3.8) is 0 Å². The van der Waals surface area contributed by atoms with Gasteiger partial charge in [-0.05, 0) is 55.4 Å². The Kier molecular flexibility index (Phi) is 4.05. The number of fused-ring (bicyclic) bond motifs is 4. The van der Waals surface area contributed by atoms with E-state index in [0.717, 1.165) is 42.4 Å². The van der Waals surface area contributed by atoms with Gasteiger partial charge < -0.3 is 14.9 Å². The van der Waals surface area contributed by atoms with E-state index in [1.165, 1.54) is 46.0 Å². The molecule has 4 nitrogen and oxygen atoms in total. The van der Waals surface area contributed by atoms with Crippen LogP contribution >= 0.6 is 0 Å². The van der Waals surface area contributed by atoms with E-state index in [2.05, 4.69) is 52.6 Å². The summed E-state index contributed by atoms with van der Waals surface area (Å²) < 4.78 is 0. The van der Waals surface area contributed by atoms with E-state index >= 15 is 0 Å². The maximum absolute atomic E-state index is 13.4. The number of hydrogen-bond donors (Lipinski definition) is 2. The van der Waals surface area contributed by atoms with Crippen molar-refractivity contribution in [1.29, 1.82) is 0 Å². The van der Waals surface area contributed by atoms with Crippen molar-refractivity contribution in [2.24, 2.45) is 0 Å². The second-order valence-corrected chi connectivity index (χ2v) is 8.50. The molecule has 2 aromatic carbocycles. The van der Waals surface area contributed by atoms with E-state index in [1.807, 2.05) is 17.0 Å². The van der Waals surface area contributed by atoms with Crippen LogP contribution in [0.1, 0.15) is 46.4 Å². The summed E-state index contributed by atoms with van der Waals surface area (Å²) in [6, 6.07) is 14.6. The van der Waals surface area contributed by atoms with Crippen LogP contribution < -0.4 is 0 Å². The van der Waals surface area contributed by atoms with Crippen LogP contribution in [0.4, 0.5) is 0 Å². The number of amides is 1. The zero-order valence-electron chi connectivity index (χ0n) is 17.0. The van der Waals surface area contributed by atoms with Crippen LogP contribution in [0.5, 0.6) is 0 Å². The summed E-state index contributed by atoms with van der Waals surface area (Å²) >= 11 is 0. The van der Waals surface area contributed by atoms with Crippen molar-refractivity contribution in [1.82, 2.24) is 14.9 Å². The average Bonchev–Trinajstić information content (AvgIpc) is 3.40. The Hall–Kier alpha value is -3.27. The first-order valence-electron chi connectivity index (χ1n) is 11.0. The zero-order valence-corrected chi connectivity index (χ0v) is 17.0. The molecular weight excluding hydrogens is 370 g/mol. The van der Waals surface area contributed by atoms with Crippen molar-refractivity contribution in [2.45, 2.75) is 32.1 Å². The van der Waals surface area contributed by atoms with Gasteiger partial charge in [0, 0.05) is 46.8 Å². The third-order valence-electron chi connectivity index (χ3n) is 6.80. The van der Waals surface area contributed by atoms with E-state index < -0.39 is 0 Å². The number of aromatic amines is 2. The van der Waals surface area contributed by atoms with Gasteiger partial charge in [-0.25, -0.2) is 0 Å². The van der Waals surface area contributed by atoms with Gasteiger partial charge in [0.05, 0.1) is 11.1 Å². The number of rotatable bonds is 2. The first kappa shape index (κ1) is 17.6. The minimum Gasteiger partial charge on any atom is -0.361 e. The quantitative estimate of drug-likeness (QED) is 0.465. The van der Waals surface area contributed by atoms with Gasteiger partial charge in [0.25, 0.3) is 5.91 Å². The molecule has 1 aliphatic heterocycles. The van der Waals surface area contributed by atoms with Gasteiger partial charge in [-0.2, -0.15) is 0 Å². The molecule has 0 unspecified atom stereocenters. The van der Waals surface area contributed by atoms with Gasteiger partial charge >= 0.3 is 0 Å². The molecule has 4 heteroatoms. The Balaban J connectivity index is 1.30. The Morgan fingerprint density at radius 3 is 2.70 bits per heavy atom. The Bertz CT molecular complexity index is 1310. The summed E-state index contributed by atoms with van der Waals surface area (Å²) in [4.78, 5) is 22.3. The van der Waals surface area contributed by atoms with Gasteiger partial charge in [-0.15, -0.1) is 0 Å². The second kappa shape index (κ2) is 6.91. The van der Waals surface area contributed by atoms with E-state index in [9.17, 15) is 4.79 Å². The first-order valence-corrected chi connectivity index (χ1v) is 11.0. The highest BCUT2D eigenvalue weighted by Crippen LogP contribution is 2.33. The fraction of sp³-hybridized carbons (Fsp3) is 0.269. The molecule has 6 rings (SSSR count). The molecular formula is C26H25N3O. The predicted octanol–water partition coefficient (Wildman–Crippen LogP) is 5.46. The summed E-state index contributed by atoms with van der Waals surface area (Å²) in [6.07, 6.45) is 9.88. The van der Waals surface area contributed by atoms with E-state index in [0.29, 0.717) is 6.54 Å². The fourth-order valence-electron chi connectivity index (χ4n) is 5.21. The number of nitrogens with zero attached hydrogens (tertiary/aromatic N) is 1. The van der Waals surface area contributed by atoms with E-state index in [4.69, 9.17) is 0 Å². The number of carbonyl (C=O) groups excluding carboxylic acids is 1. The summed E-state index contributed by atoms with van der Waals surface area (Å²) in [5.41, 5.74) is 8.34. The standard InChI is InChI=1S/C26H25N3O/c30-26(21-9-5-8-20-18-6-2-4-11-24(18)28-25(20)21)29-14-12-17(13-15-29)22-16-27-23-10-3-1-7-19(22)23/h1,3,5,7-10,12,16,27-28H,2,4,6,11,13-15H2. The van der Waals surface area contributed by atoms with Gasteiger partial charge in [0.15, 0.2) is 0 Å². The van der Waals surface area contributed by atoms with E-state index in [-0.39, 0.29) is 5.91 Å². The summed E-state index contributed by atoms with van der Waals surface area (Å²) in [5, 5.41) is 2.49. The van der Waals surface area contributed by atoms with Gasteiger partial charge in [0.2, 0.25) is 0 Å². The molecule has 0 atom stereocenters. The normalized spacial score (nSPS) is 16.7. The number of aryl methyl sites for hydroxylation is 2. The largest absolute Gasteiger partial charge is 0.361 e. The smallest absolute Gasteiger partial charge is 0.256 e. The minimum absolute atomic E-state index is 0.133. The first-order chi connectivity index (χ1) is 14.8. The Morgan fingerprint density at radius 1 is 0.933 bits per heavy atom. The lowest BCUT2D eigenvalue weighted by Gasteiger charge is -2.27. The molecule has 2 aromatic heterocycles. The SMILES string of the molecule is O=C(c1cccc2c3c([nH]c12)CCCC3)N1CC=C(c2c[nH]c3ccccc23)CC1. The number of H-pyrrole nitrogens is 2. The molecule has 0 radical (unpaired) electrons. The molecule has 0 saturated carbocycles. The number of para-hydroxylation sites is 2. The minimum atomic E-state index is 0.133. The van der Waals surface area contributed by atoms with Crippen LogP contribution in [0.15, 0.2) is 54.7 Å². The molecule has 2 N–H and O–H groups in total. The molecule has 150 valence electrons. The van der Waals surface area contributed by atoms with Crippen LogP contribution in [0.25, 0.3) is 27.4 Å². The monoisotopic (exact) mass is 395 g/mol. The fourth-order valence-corrected chi connectivity index (χ4v) is 5.21. The summed E-state index contributed by atoms with van der Waals surface area (Å²) in [7, 11) is 0. The third kappa shape index (κ3) is 2.71. The van der Waals surface area contributed by atoms with Crippen molar-refractivity contribution in [2.75, 3.05) is 13.1 Å². The molecule has 0 saturated heterocycles. The van der Waals surface area contributed by atoms with Crippen molar-refractivity contribution >= 4 is 33.3 Å². The number of carbonyl (C=O) groups is 1. The van der Waals surface area contributed by atoms with Gasteiger partial charge in [-0.1, -0.05) is 36.4 Å². The van der Waals surface area contributed by atoms with Crippen molar-refractivity contribution in [3.05, 3.63) is 77.1 Å². The van der Waals surface area contributed by atoms with Crippen molar-refractivity contribution in [3.8, 4) is 0 Å². The maximum Gasteiger partial charge on any atom is 0.256 e. The maximum atomic E-state index is 13.4. The van der Waals surface area contributed by atoms with Gasteiger partial charge in [0.1, 0.15) is 0 Å². The average molecular weight is 396 g/mol. The third-order valence-corrected chi connectivity index (χ3v) is 6.80. The molecule has 0 bridgehead atoms. The van der Waals surface area contributed by atoms with Gasteiger partial charge in [-0.3, -0.25) is 4.79 Å². The lowest BCUT2D eigenvalue weighted by atomic mass is 9.95. The molecule has 1 amide bonds. The predicted molar refractivity (Wildman–Crippen MR) is 122 cm³/mol. The molecule has 1 aliphatic carbocycles. The second-order valence-electron chi connectivity index (χ2n) is 8.50. The molecule has 4 aromatic rings. The molecule has 0 fully saturated rings. The van der Waals surface area contributed by atoms with Crippen LogP contribution in [-0.4, -0.2) is 33.9 Å². The molecule has 0 spiro atoms. The number of hydrogen-bond acceptors (Lipinski definition) is 1. The lowest BCUT2D eigenvalue weighted by Crippen LogP contribution is -2.34. The van der Waals surface area contributed by atoms with Crippen LogP contribution in [0.2, 0.25) is 0 Å². The topological polar surface area (TPSA) is 51.9 Å². The Labute approximate surface area is 175 Å². The van der Waals surface area contributed by atoms with Crippen LogP contribution in [-0.2, 0) is 12.8 Å². The number of nitrogens with one attached hydrogen (secondary N) is 2. The molecule has 2 aliphatic rings. The molecule has 3 heterocycles. The summed E-state index contributed by atoms with van der Waals surface area (Å²) in [6.45, 7) is 1.41. The number of aromatic nitrogens is 2. The number of benzene rings is 2. The van der Waals surface area contributed by atoms with Crippen LogP contribution in [0.3, 0.4) is 0 Å². The Morgan fingerprint density at radius 2 is 1.80 bits per heavy atom. The highest BCUT2D eigenvalue weighted by atomic mass is 16.2. The highest BCUT2D eigenvalue weighted by Gasteiger charge is 2.24. The summed E-state index contributed by atoms with van der Waals surface area (Å²) in [5.74, 6) is 0.133. The molecule has 30 heavy (non-hydrogen) atoms. The van der Waals surface area contributed by atoms with Crippen molar-refractivity contribution < 1.29 is 4.79 Å². The van der Waals surface area contributed by atoms with E-state index in [1.54, 1.807) is 0 Å². The van der Waals surface area contributed by atoms with Crippen LogP contribution in [0, 0.1) is 0 Å². The highest BCUT2D eigenvalue weighted by molar-refractivity contribution is 6.07. The lowest BCUT2D eigenvalue weighted by molar-refractivity contribution is 0.0774.